The molecule has 6 nitrogen and oxygen atoms in total. The van der Waals surface area contributed by atoms with Crippen LogP contribution in [0.25, 0.3) is 10.9 Å². The number of fused-ring (bicyclic) bond motifs is 1. The lowest BCUT2D eigenvalue weighted by Crippen LogP contribution is -2.47. The Balaban J connectivity index is 1.62. The second-order valence-electron chi connectivity index (χ2n) is 5.83. The van der Waals surface area contributed by atoms with Gasteiger partial charge in [0.1, 0.15) is 5.75 Å². The molecule has 0 aliphatic rings. The van der Waals surface area contributed by atoms with E-state index in [1.807, 2.05) is 48.0 Å². The van der Waals surface area contributed by atoms with Crippen LogP contribution in [0.5, 0.6) is 5.75 Å². The summed E-state index contributed by atoms with van der Waals surface area (Å²) in [6.45, 7) is 1.61. The van der Waals surface area contributed by atoms with Crippen LogP contribution < -0.4 is 15.6 Å². The lowest BCUT2D eigenvalue weighted by Gasteiger charge is -2.15. The average Bonchev–Trinajstić information content (AvgIpc) is 2.96. The van der Waals surface area contributed by atoms with Crippen LogP contribution in [0.15, 0.2) is 59.2 Å². The van der Waals surface area contributed by atoms with Crippen LogP contribution in [-0.4, -0.2) is 22.5 Å². The van der Waals surface area contributed by atoms with Gasteiger partial charge in [-0.3, -0.25) is 20.4 Å². The van der Waals surface area contributed by atoms with Gasteiger partial charge in [0.2, 0.25) is 0 Å². The molecule has 0 aliphatic carbocycles. The molecule has 0 saturated carbocycles. The van der Waals surface area contributed by atoms with Crippen LogP contribution in [0.4, 0.5) is 0 Å². The zero-order chi connectivity index (χ0) is 18.7. The summed E-state index contributed by atoms with van der Waals surface area (Å²) < 4.78 is 8.29. The van der Waals surface area contributed by atoms with Gasteiger partial charge in [-0.05, 0) is 31.2 Å². The van der Waals surface area contributed by atoms with Gasteiger partial charge in [-0.1, -0.05) is 40.2 Å². The number of hydrogen-bond donors (Lipinski definition) is 2. The highest BCUT2D eigenvalue weighted by molar-refractivity contribution is 9.10. The molecular formula is C19H18BrN3O3. The van der Waals surface area contributed by atoms with Crippen molar-refractivity contribution >= 4 is 38.6 Å². The van der Waals surface area contributed by atoms with E-state index in [2.05, 4.69) is 26.8 Å². The summed E-state index contributed by atoms with van der Waals surface area (Å²) in [6, 6.07) is 14.8. The maximum Gasteiger partial charge on any atom is 0.279 e. The third-order valence-electron chi connectivity index (χ3n) is 3.92. The molecular weight excluding hydrogens is 398 g/mol. The molecule has 26 heavy (non-hydrogen) atoms. The van der Waals surface area contributed by atoms with Gasteiger partial charge in [-0.15, -0.1) is 0 Å². The van der Waals surface area contributed by atoms with Crippen LogP contribution >= 0.6 is 15.9 Å². The molecule has 2 amide bonds. The lowest BCUT2D eigenvalue weighted by molar-refractivity contribution is -0.128. The molecule has 1 atom stereocenters. The van der Waals surface area contributed by atoms with E-state index in [4.69, 9.17) is 4.74 Å². The van der Waals surface area contributed by atoms with Crippen molar-refractivity contribution in [2.45, 2.75) is 13.0 Å². The molecule has 3 rings (SSSR count). The fraction of sp³-hybridized carbons (Fsp3) is 0.158. The molecule has 1 heterocycles. The minimum Gasteiger partial charge on any atom is -0.481 e. The Morgan fingerprint density at radius 2 is 1.88 bits per heavy atom. The van der Waals surface area contributed by atoms with Crippen molar-refractivity contribution in [2.24, 2.45) is 7.05 Å². The van der Waals surface area contributed by atoms with Crippen molar-refractivity contribution < 1.29 is 14.3 Å². The van der Waals surface area contributed by atoms with Crippen molar-refractivity contribution in [2.75, 3.05) is 0 Å². The summed E-state index contributed by atoms with van der Waals surface area (Å²) in [6.07, 6.45) is 0.963. The number of rotatable bonds is 4. The largest absolute Gasteiger partial charge is 0.481 e. The topological polar surface area (TPSA) is 72.4 Å². The number of para-hydroxylation sites is 1. The van der Waals surface area contributed by atoms with E-state index < -0.39 is 12.0 Å². The third-order valence-corrected chi connectivity index (χ3v) is 4.41. The Morgan fingerprint density at radius 1 is 1.12 bits per heavy atom. The average molecular weight is 416 g/mol. The van der Waals surface area contributed by atoms with Gasteiger partial charge in [0.05, 0.1) is 5.56 Å². The van der Waals surface area contributed by atoms with E-state index in [0.29, 0.717) is 11.3 Å². The number of nitrogens with one attached hydrogen (secondary N) is 2. The number of carbonyl (C=O) groups excluding carboxylic acids is 2. The first-order valence-corrected chi connectivity index (χ1v) is 8.81. The van der Waals surface area contributed by atoms with Gasteiger partial charge < -0.3 is 9.30 Å². The van der Waals surface area contributed by atoms with Gasteiger partial charge in [0.25, 0.3) is 11.8 Å². The molecule has 3 aromatic rings. The Morgan fingerprint density at radius 3 is 2.65 bits per heavy atom. The van der Waals surface area contributed by atoms with Gasteiger partial charge in [-0.2, -0.15) is 0 Å². The number of aromatic nitrogens is 1. The number of ether oxygens (including phenoxy) is 1. The summed E-state index contributed by atoms with van der Waals surface area (Å²) in [7, 11) is 1.87. The monoisotopic (exact) mass is 415 g/mol. The molecule has 0 unspecified atom stereocenters. The molecule has 0 radical (unpaired) electrons. The Hall–Kier alpha value is -2.80. The van der Waals surface area contributed by atoms with E-state index in [9.17, 15) is 9.59 Å². The van der Waals surface area contributed by atoms with Gasteiger partial charge in [0, 0.05) is 28.6 Å². The fourth-order valence-corrected chi connectivity index (χ4v) is 2.99. The van der Waals surface area contributed by atoms with Gasteiger partial charge in [-0.25, -0.2) is 0 Å². The second kappa shape index (κ2) is 7.61. The number of carbonyl (C=O) groups is 2. The summed E-state index contributed by atoms with van der Waals surface area (Å²) in [4.78, 5) is 24.6. The number of benzene rings is 2. The smallest absolute Gasteiger partial charge is 0.279 e. The maximum absolute atomic E-state index is 12.4. The SMILES string of the molecule is C[C@@H](Oc1cccc(Br)c1)C(=O)NNC(=O)c1cn(C)c2ccccc12. The summed E-state index contributed by atoms with van der Waals surface area (Å²) in [5, 5.41) is 0.820. The van der Waals surface area contributed by atoms with Crippen molar-refractivity contribution in [1.82, 2.24) is 15.4 Å². The van der Waals surface area contributed by atoms with E-state index in [-0.39, 0.29) is 5.91 Å². The van der Waals surface area contributed by atoms with Crippen LogP contribution in [0.2, 0.25) is 0 Å². The molecule has 0 spiro atoms. The molecule has 134 valence electrons. The summed E-state index contributed by atoms with van der Waals surface area (Å²) in [5.74, 6) is -0.272. The van der Waals surface area contributed by atoms with E-state index in [0.717, 1.165) is 15.4 Å². The molecule has 0 saturated heterocycles. The Bertz CT molecular complexity index is 968. The number of aryl methyl sites for hydroxylation is 1. The first-order chi connectivity index (χ1) is 12.5. The molecule has 1 aromatic heterocycles. The quantitative estimate of drug-likeness (QED) is 0.642. The molecule has 0 bridgehead atoms. The van der Waals surface area contributed by atoms with Gasteiger partial charge >= 0.3 is 0 Å². The standard InChI is InChI=1S/C19H18BrN3O3/c1-12(26-14-7-5-6-13(20)10-14)18(24)21-22-19(25)16-11-23(2)17-9-4-3-8-15(16)17/h3-12H,1-2H3,(H,21,24)(H,22,25)/t12-/m1/s1. The normalized spacial score (nSPS) is 11.8. The highest BCUT2D eigenvalue weighted by atomic mass is 79.9. The lowest BCUT2D eigenvalue weighted by atomic mass is 10.2. The number of halogens is 1. The third kappa shape index (κ3) is 3.88. The van der Waals surface area contributed by atoms with Crippen LogP contribution in [0, 0.1) is 0 Å². The molecule has 0 fully saturated rings. The Kier molecular flexibility index (Phi) is 5.27. The van der Waals surface area contributed by atoms with Gasteiger partial charge in [0.15, 0.2) is 6.10 Å². The minimum absolute atomic E-state index is 0.384. The maximum atomic E-state index is 12.4. The number of nitrogens with zero attached hydrogens (tertiary/aromatic N) is 1. The fourth-order valence-electron chi connectivity index (χ4n) is 2.61. The minimum atomic E-state index is -0.767. The van der Waals surface area contributed by atoms with Crippen LogP contribution in [-0.2, 0) is 11.8 Å². The Labute approximate surface area is 159 Å². The molecule has 0 aliphatic heterocycles. The predicted molar refractivity (Wildman–Crippen MR) is 103 cm³/mol. The summed E-state index contributed by atoms with van der Waals surface area (Å²) >= 11 is 3.35. The van der Waals surface area contributed by atoms with Crippen molar-refractivity contribution in [3.63, 3.8) is 0 Å². The van der Waals surface area contributed by atoms with E-state index in [1.165, 1.54) is 0 Å². The number of hydrogen-bond acceptors (Lipinski definition) is 3. The molecule has 2 aromatic carbocycles. The summed E-state index contributed by atoms with van der Waals surface area (Å²) in [5.41, 5.74) is 6.28. The highest BCUT2D eigenvalue weighted by Gasteiger charge is 2.18. The van der Waals surface area contributed by atoms with Crippen LogP contribution in [0.3, 0.4) is 0 Å². The highest BCUT2D eigenvalue weighted by Crippen LogP contribution is 2.20. The first-order valence-electron chi connectivity index (χ1n) is 8.02. The zero-order valence-corrected chi connectivity index (χ0v) is 15.9. The second-order valence-corrected chi connectivity index (χ2v) is 6.75. The van der Waals surface area contributed by atoms with Crippen LogP contribution in [0.1, 0.15) is 17.3 Å². The van der Waals surface area contributed by atoms with E-state index >= 15 is 0 Å². The zero-order valence-electron chi connectivity index (χ0n) is 14.3. The van der Waals surface area contributed by atoms with Crippen molar-refractivity contribution in [3.05, 3.63) is 64.8 Å². The number of amides is 2. The molecule has 7 heteroatoms. The van der Waals surface area contributed by atoms with Crippen molar-refractivity contribution in [1.29, 1.82) is 0 Å². The molecule has 2 N–H and O–H groups in total. The number of hydrazine groups is 1. The van der Waals surface area contributed by atoms with Crippen molar-refractivity contribution in [3.8, 4) is 5.75 Å². The van der Waals surface area contributed by atoms with E-state index in [1.54, 1.807) is 25.3 Å². The first kappa shape index (κ1) is 18.0. The predicted octanol–water partition coefficient (Wildman–Crippen LogP) is 3.17.